The second kappa shape index (κ2) is 6.88. The Hall–Kier alpha value is -3.27. The van der Waals surface area contributed by atoms with Gasteiger partial charge in [0.2, 0.25) is 5.78 Å². The lowest BCUT2D eigenvalue weighted by Crippen LogP contribution is -2.53. The van der Waals surface area contributed by atoms with Crippen LogP contribution in [0.2, 0.25) is 0 Å². The van der Waals surface area contributed by atoms with Crippen molar-refractivity contribution in [1.82, 2.24) is 0 Å². The van der Waals surface area contributed by atoms with Gasteiger partial charge in [0, 0.05) is 18.2 Å². The lowest BCUT2D eigenvalue weighted by Gasteiger charge is -2.45. The molecule has 0 aromatic heterocycles. The summed E-state index contributed by atoms with van der Waals surface area (Å²) in [6.07, 6.45) is 0. The Bertz CT molecular complexity index is 1370. The van der Waals surface area contributed by atoms with Crippen LogP contribution >= 0.6 is 0 Å². The fourth-order valence-electron chi connectivity index (χ4n) is 4.78. The summed E-state index contributed by atoms with van der Waals surface area (Å²) < 4.78 is 12.3. The molecule has 1 aliphatic rings. The average Bonchev–Trinajstić information content (AvgIpc) is 2.80. The van der Waals surface area contributed by atoms with Crippen molar-refractivity contribution in [2.45, 2.75) is 25.2 Å². The highest BCUT2D eigenvalue weighted by Crippen LogP contribution is 2.47. The van der Waals surface area contributed by atoms with Crippen LogP contribution in [0.25, 0.3) is 27.1 Å². The van der Waals surface area contributed by atoms with Crippen LogP contribution in [0.5, 0.6) is 0 Å². The first kappa shape index (κ1) is 19.7. The summed E-state index contributed by atoms with van der Waals surface area (Å²) in [6, 6.07) is 26.0. The number of rotatable bonds is 3. The number of fused-ring (bicyclic) bond motifs is 4. The Morgan fingerprint density at radius 3 is 2.23 bits per heavy atom. The van der Waals surface area contributed by atoms with Crippen molar-refractivity contribution in [1.29, 1.82) is 0 Å². The SMILES string of the molecule is C=C(c1cc2ccccc2c2ccccc12)C1(OC)OC(C)(C)c2ccccc2C1=O. The van der Waals surface area contributed by atoms with Gasteiger partial charge in [0.25, 0.3) is 5.79 Å². The second-order valence-corrected chi connectivity index (χ2v) is 8.48. The first-order valence-corrected chi connectivity index (χ1v) is 10.4. The highest BCUT2D eigenvalue weighted by atomic mass is 16.7. The van der Waals surface area contributed by atoms with Gasteiger partial charge in [-0.15, -0.1) is 0 Å². The maximum Gasteiger partial charge on any atom is 0.261 e. The van der Waals surface area contributed by atoms with Crippen LogP contribution in [0, 0.1) is 0 Å². The standard InChI is InChI=1S/C28H24O3/c1-18(24-17-19-11-5-6-12-20(19)21-13-7-8-14-22(21)24)28(30-4)26(29)23-15-9-10-16-25(23)27(2,3)31-28/h5-17H,1H2,2-4H3. The van der Waals surface area contributed by atoms with Crippen molar-refractivity contribution in [3.63, 3.8) is 0 Å². The molecule has 0 aliphatic carbocycles. The third-order valence-electron chi connectivity index (χ3n) is 6.30. The van der Waals surface area contributed by atoms with Gasteiger partial charge in [-0.1, -0.05) is 79.4 Å². The third-order valence-corrected chi connectivity index (χ3v) is 6.30. The molecule has 0 amide bonds. The Kier molecular flexibility index (Phi) is 4.37. The monoisotopic (exact) mass is 408 g/mol. The van der Waals surface area contributed by atoms with E-state index < -0.39 is 11.4 Å². The van der Waals surface area contributed by atoms with Crippen LogP contribution in [-0.2, 0) is 15.1 Å². The van der Waals surface area contributed by atoms with Gasteiger partial charge in [-0.2, -0.15) is 0 Å². The second-order valence-electron chi connectivity index (χ2n) is 8.48. The van der Waals surface area contributed by atoms with Crippen LogP contribution in [0.15, 0.2) is 85.4 Å². The number of ketones is 1. The van der Waals surface area contributed by atoms with E-state index in [0.717, 1.165) is 32.7 Å². The fraction of sp³-hybridized carbons (Fsp3) is 0.179. The molecule has 0 saturated carbocycles. The molecular weight excluding hydrogens is 384 g/mol. The zero-order valence-electron chi connectivity index (χ0n) is 17.9. The highest BCUT2D eigenvalue weighted by molar-refractivity contribution is 6.16. The molecule has 0 N–H and O–H groups in total. The molecule has 1 heterocycles. The molecule has 4 aromatic carbocycles. The summed E-state index contributed by atoms with van der Waals surface area (Å²) in [6.45, 7) is 8.28. The highest BCUT2D eigenvalue weighted by Gasteiger charge is 2.53. The predicted octanol–water partition coefficient (Wildman–Crippen LogP) is 6.50. The van der Waals surface area contributed by atoms with Crippen molar-refractivity contribution in [2.75, 3.05) is 7.11 Å². The van der Waals surface area contributed by atoms with Crippen molar-refractivity contribution >= 4 is 32.9 Å². The van der Waals surface area contributed by atoms with Gasteiger partial charge in [0.15, 0.2) is 0 Å². The number of Topliss-reactive ketones (excluding diaryl/α,β-unsaturated/α-hetero) is 1. The summed E-state index contributed by atoms with van der Waals surface area (Å²) >= 11 is 0. The lowest BCUT2D eigenvalue weighted by molar-refractivity contribution is -0.214. The number of methoxy groups -OCH3 is 1. The number of hydrogen-bond donors (Lipinski definition) is 0. The molecule has 1 unspecified atom stereocenters. The van der Waals surface area contributed by atoms with Gasteiger partial charge in [-0.05, 0) is 52.6 Å². The zero-order chi connectivity index (χ0) is 21.8. The van der Waals surface area contributed by atoms with Crippen molar-refractivity contribution in [2.24, 2.45) is 0 Å². The van der Waals surface area contributed by atoms with Gasteiger partial charge in [0.05, 0.1) is 5.60 Å². The summed E-state index contributed by atoms with van der Waals surface area (Å²) in [5, 5.41) is 4.34. The van der Waals surface area contributed by atoms with Crippen LogP contribution in [-0.4, -0.2) is 18.7 Å². The van der Waals surface area contributed by atoms with Crippen molar-refractivity contribution < 1.29 is 14.3 Å². The molecule has 1 atom stereocenters. The molecule has 5 rings (SSSR count). The van der Waals surface area contributed by atoms with Crippen molar-refractivity contribution in [3.05, 3.63) is 102 Å². The molecule has 154 valence electrons. The van der Waals surface area contributed by atoms with Gasteiger partial charge in [-0.25, -0.2) is 0 Å². The van der Waals surface area contributed by atoms with E-state index in [9.17, 15) is 4.79 Å². The summed E-state index contributed by atoms with van der Waals surface area (Å²) in [4.78, 5) is 13.8. The molecule has 3 heteroatoms. The molecule has 1 aliphatic heterocycles. The van der Waals surface area contributed by atoms with E-state index in [1.165, 1.54) is 7.11 Å². The first-order valence-electron chi connectivity index (χ1n) is 10.4. The van der Waals surface area contributed by atoms with Gasteiger partial charge in [-0.3, -0.25) is 4.79 Å². The molecule has 0 fully saturated rings. The molecular formula is C28H24O3. The molecule has 0 bridgehead atoms. The summed E-state index contributed by atoms with van der Waals surface area (Å²) in [7, 11) is 1.51. The maximum atomic E-state index is 13.8. The van der Waals surface area contributed by atoms with Gasteiger partial charge >= 0.3 is 0 Å². The number of benzene rings is 4. The maximum absolute atomic E-state index is 13.8. The Labute approximate surface area is 181 Å². The van der Waals surface area contributed by atoms with E-state index in [0.29, 0.717) is 11.1 Å². The van der Waals surface area contributed by atoms with E-state index >= 15 is 0 Å². The predicted molar refractivity (Wildman–Crippen MR) is 125 cm³/mol. The molecule has 0 radical (unpaired) electrons. The number of carbonyl (C=O) groups excluding carboxylic acids is 1. The quantitative estimate of drug-likeness (QED) is 0.363. The Morgan fingerprint density at radius 1 is 0.871 bits per heavy atom. The Balaban J connectivity index is 1.78. The Morgan fingerprint density at radius 2 is 1.48 bits per heavy atom. The minimum atomic E-state index is -1.61. The van der Waals surface area contributed by atoms with E-state index in [1.807, 2.05) is 62.4 Å². The largest absolute Gasteiger partial charge is 0.343 e. The first-order chi connectivity index (χ1) is 14.9. The molecule has 4 aromatic rings. The number of carbonyl (C=O) groups is 1. The van der Waals surface area contributed by atoms with E-state index in [4.69, 9.17) is 9.47 Å². The third kappa shape index (κ3) is 2.78. The lowest BCUT2D eigenvalue weighted by atomic mass is 9.80. The smallest absolute Gasteiger partial charge is 0.261 e. The van der Waals surface area contributed by atoms with Crippen LogP contribution in [0.1, 0.15) is 35.3 Å². The van der Waals surface area contributed by atoms with Gasteiger partial charge < -0.3 is 9.47 Å². The van der Waals surface area contributed by atoms with Crippen molar-refractivity contribution in [3.8, 4) is 0 Å². The number of hydrogen-bond acceptors (Lipinski definition) is 3. The van der Waals surface area contributed by atoms with Crippen LogP contribution < -0.4 is 0 Å². The average molecular weight is 408 g/mol. The van der Waals surface area contributed by atoms with Crippen LogP contribution in [0.3, 0.4) is 0 Å². The summed E-state index contributed by atoms with van der Waals surface area (Å²) in [5.74, 6) is -1.84. The molecule has 0 saturated heterocycles. The normalized spacial score (nSPS) is 20.0. The van der Waals surface area contributed by atoms with Gasteiger partial charge in [0.1, 0.15) is 0 Å². The van der Waals surface area contributed by atoms with Crippen LogP contribution in [0.4, 0.5) is 0 Å². The van der Waals surface area contributed by atoms with E-state index in [1.54, 1.807) is 0 Å². The minimum Gasteiger partial charge on any atom is -0.343 e. The minimum absolute atomic E-state index is 0.229. The topological polar surface area (TPSA) is 35.5 Å². The number of ether oxygens (including phenoxy) is 2. The summed E-state index contributed by atoms with van der Waals surface area (Å²) in [5.41, 5.74) is 2.08. The molecule has 31 heavy (non-hydrogen) atoms. The van der Waals surface area contributed by atoms with E-state index in [2.05, 4.69) is 36.9 Å². The zero-order valence-corrected chi connectivity index (χ0v) is 17.9. The van der Waals surface area contributed by atoms with E-state index in [-0.39, 0.29) is 5.78 Å². The fourth-order valence-corrected chi connectivity index (χ4v) is 4.78. The molecule has 0 spiro atoms. The molecule has 3 nitrogen and oxygen atoms in total.